The molecule has 3 rings (SSSR count). The lowest BCUT2D eigenvalue weighted by Gasteiger charge is -2.65. The Balaban J connectivity index is 2.10. The van der Waals surface area contributed by atoms with Crippen LogP contribution >= 0.6 is 31.9 Å². The monoisotopic (exact) mass is 446 g/mol. The highest BCUT2D eigenvalue weighted by molar-refractivity contribution is 9.09. The van der Waals surface area contributed by atoms with E-state index in [1.54, 1.807) is 0 Å². The Morgan fingerprint density at radius 1 is 1.22 bits per heavy atom. The van der Waals surface area contributed by atoms with Crippen molar-refractivity contribution in [3.63, 3.8) is 0 Å². The van der Waals surface area contributed by atoms with Crippen LogP contribution in [-0.2, 0) is 0 Å². The Kier molecular flexibility index (Phi) is 4.91. The zero-order chi connectivity index (χ0) is 17.0. The van der Waals surface area contributed by atoms with Gasteiger partial charge >= 0.3 is 0 Å². The van der Waals surface area contributed by atoms with Gasteiger partial charge in [-0.15, -0.1) is 0 Å². The maximum absolute atomic E-state index is 11.4. The van der Waals surface area contributed by atoms with E-state index >= 15 is 0 Å². The molecule has 23 heavy (non-hydrogen) atoms. The van der Waals surface area contributed by atoms with Crippen LogP contribution in [0.4, 0.5) is 0 Å². The van der Waals surface area contributed by atoms with E-state index in [0.29, 0.717) is 33.9 Å². The zero-order valence-electron chi connectivity index (χ0n) is 15.0. The van der Waals surface area contributed by atoms with E-state index in [-0.39, 0.29) is 5.41 Å². The highest BCUT2D eigenvalue weighted by Gasteiger charge is 2.63. The standard InChI is InChI=1S/C20H32Br2O/c1-13(2)14-6-5-7-15-17-18(3,10-11-20(14,15)12-21)16(22)8-9-19(17,4)23/h5,7,13-17,23H,6,8-12H2,1-4H3/t14-,15-,16-,17-,18+,19+,20-/m1/s1. The first-order valence-electron chi connectivity index (χ1n) is 9.28. The summed E-state index contributed by atoms with van der Waals surface area (Å²) < 4.78 is 0. The molecule has 0 aromatic rings. The Labute approximate surface area is 158 Å². The minimum atomic E-state index is -0.555. The zero-order valence-corrected chi connectivity index (χ0v) is 18.2. The van der Waals surface area contributed by atoms with Gasteiger partial charge in [0.25, 0.3) is 0 Å². The van der Waals surface area contributed by atoms with Crippen LogP contribution in [0, 0.1) is 34.5 Å². The Bertz CT molecular complexity index is 486. The fourth-order valence-electron chi connectivity index (χ4n) is 6.45. The molecule has 3 aliphatic rings. The summed E-state index contributed by atoms with van der Waals surface area (Å²) in [7, 11) is 0. The van der Waals surface area contributed by atoms with Crippen LogP contribution in [0.25, 0.3) is 0 Å². The van der Waals surface area contributed by atoms with Crippen molar-refractivity contribution in [3.05, 3.63) is 12.2 Å². The van der Waals surface area contributed by atoms with Gasteiger partial charge in [-0.2, -0.15) is 0 Å². The van der Waals surface area contributed by atoms with Gasteiger partial charge in [-0.25, -0.2) is 0 Å². The molecule has 0 aromatic carbocycles. The van der Waals surface area contributed by atoms with Gasteiger partial charge in [-0.1, -0.05) is 64.8 Å². The van der Waals surface area contributed by atoms with Crippen LogP contribution in [-0.4, -0.2) is 20.9 Å². The van der Waals surface area contributed by atoms with E-state index in [1.165, 1.54) is 19.3 Å². The Morgan fingerprint density at radius 3 is 2.52 bits per heavy atom. The molecule has 0 unspecified atom stereocenters. The topological polar surface area (TPSA) is 20.2 Å². The molecule has 1 nitrogen and oxygen atoms in total. The molecule has 0 radical (unpaired) electrons. The summed E-state index contributed by atoms with van der Waals surface area (Å²) >= 11 is 7.90. The number of fused-ring (bicyclic) bond motifs is 3. The molecule has 2 saturated carbocycles. The molecule has 0 saturated heterocycles. The lowest BCUT2D eigenvalue weighted by Crippen LogP contribution is -2.64. The predicted octanol–water partition coefficient (Wildman–Crippen LogP) is 5.94. The molecule has 0 aliphatic heterocycles. The minimum Gasteiger partial charge on any atom is -0.390 e. The summed E-state index contributed by atoms with van der Waals surface area (Å²) in [5.74, 6) is 2.24. The van der Waals surface area contributed by atoms with Crippen molar-refractivity contribution in [3.8, 4) is 0 Å². The van der Waals surface area contributed by atoms with Gasteiger partial charge in [0.05, 0.1) is 5.60 Å². The summed E-state index contributed by atoms with van der Waals surface area (Å²) in [4.78, 5) is 0.529. The minimum absolute atomic E-state index is 0.196. The summed E-state index contributed by atoms with van der Waals surface area (Å²) in [6.45, 7) is 9.29. The fourth-order valence-corrected chi connectivity index (χ4v) is 8.26. The molecule has 0 spiro atoms. The van der Waals surface area contributed by atoms with Gasteiger partial charge in [-0.05, 0) is 67.6 Å². The molecule has 0 amide bonds. The molecule has 0 heterocycles. The average Bonchev–Trinajstić information content (AvgIpc) is 2.50. The van der Waals surface area contributed by atoms with Crippen molar-refractivity contribution in [1.29, 1.82) is 0 Å². The van der Waals surface area contributed by atoms with Gasteiger partial charge in [0.1, 0.15) is 0 Å². The molecule has 3 aliphatic carbocycles. The van der Waals surface area contributed by atoms with Crippen molar-refractivity contribution >= 4 is 31.9 Å². The molecule has 7 atom stereocenters. The van der Waals surface area contributed by atoms with Gasteiger partial charge in [0.15, 0.2) is 0 Å². The Morgan fingerprint density at radius 2 is 1.91 bits per heavy atom. The van der Waals surface area contributed by atoms with Crippen LogP contribution in [0.1, 0.15) is 59.8 Å². The van der Waals surface area contributed by atoms with E-state index in [1.807, 2.05) is 0 Å². The predicted molar refractivity (Wildman–Crippen MR) is 105 cm³/mol. The second kappa shape index (κ2) is 6.13. The van der Waals surface area contributed by atoms with Gasteiger partial charge in [0.2, 0.25) is 0 Å². The summed E-state index contributed by atoms with van der Waals surface area (Å²) in [6.07, 6.45) is 10.6. The smallest absolute Gasteiger partial charge is 0.0659 e. The second-order valence-electron chi connectivity index (χ2n) is 9.25. The van der Waals surface area contributed by atoms with Crippen molar-refractivity contribution in [1.82, 2.24) is 0 Å². The average molecular weight is 448 g/mol. The third kappa shape index (κ3) is 2.63. The van der Waals surface area contributed by atoms with Crippen LogP contribution in [0.3, 0.4) is 0 Å². The number of halogens is 2. The van der Waals surface area contributed by atoms with Crippen molar-refractivity contribution in [2.45, 2.75) is 70.2 Å². The first-order chi connectivity index (χ1) is 10.7. The largest absolute Gasteiger partial charge is 0.390 e. The third-order valence-electron chi connectivity index (χ3n) is 7.68. The second-order valence-corrected chi connectivity index (χ2v) is 10.9. The fraction of sp³-hybridized carbons (Fsp3) is 0.900. The lowest BCUT2D eigenvalue weighted by molar-refractivity contribution is -0.171. The molecular weight excluding hydrogens is 416 g/mol. The number of hydrogen-bond acceptors (Lipinski definition) is 1. The summed E-state index contributed by atoms with van der Waals surface area (Å²) in [5.41, 5.74) is -0.0524. The van der Waals surface area contributed by atoms with Crippen LogP contribution < -0.4 is 0 Å². The lowest BCUT2D eigenvalue weighted by atomic mass is 9.42. The van der Waals surface area contributed by atoms with Gasteiger partial charge in [0, 0.05) is 16.1 Å². The number of aliphatic hydroxyl groups is 1. The molecule has 0 bridgehead atoms. The number of hydrogen-bond donors (Lipinski definition) is 1. The van der Waals surface area contributed by atoms with E-state index in [2.05, 4.69) is 71.7 Å². The molecule has 1 N–H and O–H groups in total. The van der Waals surface area contributed by atoms with E-state index in [9.17, 15) is 5.11 Å². The maximum Gasteiger partial charge on any atom is 0.0659 e. The summed E-state index contributed by atoms with van der Waals surface area (Å²) in [5, 5.41) is 12.4. The number of allylic oxidation sites excluding steroid dienone is 2. The van der Waals surface area contributed by atoms with Crippen LogP contribution in [0.2, 0.25) is 0 Å². The normalized spacial score (nSPS) is 53.0. The Hall–Kier alpha value is 0.660. The van der Waals surface area contributed by atoms with Crippen molar-refractivity contribution in [2.24, 2.45) is 34.5 Å². The van der Waals surface area contributed by atoms with Crippen molar-refractivity contribution in [2.75, 3.05) is 5.33 Å². The van der Waals surface area contributed by atoms with E-state index < -0.39 is 5.60 Å². The highest BCUT2D eigenvalue weighted by Crippen LogP contribution is 2.67. The molecule has 2 fully saturated rings. The SMILES string of the molecule is CC(C)[C@H]1CC=C[C@@H]2[C@@H]3[C@@](C)(CC[C@@]12CBr)[C@H](Br)CC[C@]3(C)O. The highest BCUT2D eigenvalue weighted by atomic mass is 79.9. The van der Waals surface area contributed by atoms with E-state index in [0.717, 1.165) is 18.2 Å². The van der Waals surface area contributed by atoms with Crippen LogP contribution in [0.5, 0.6) is 0 Å². The molecule has 3 heteroatoms. The first-order valence-corrected chi connectivity index (χ1v) is 11.3. The summed E-state index contributed by atoms with van der Waals surface area (Å²) in [6, 6.07) is 0. The van der Waals surface area contributed by atoms with Crippen LogP contribution in [0.15, 0.2) is 12.2 Å². The van der Waals surface area contributed by atoms with E-state index in [4.69, 9.17) is 0 Å². The molecule has 132 valence electrons. The van der Waals surface area contributed by atoms with Gasteiger partial charge in [-0.3, -0.25) is 0 Å². The maximum atomic E-state index is 11.4. The number of alkyl halides is 2. The third-order valence-corrected chi connectivity index (χ3v) is 10.2. The quantitative estimate of drug-likeness (QED) is 0.410. The molecular formula is C20H32Br2O. The first kappa shape index (κ1) is 18.5. The molecule has 0 aromatic heterocycles. The number of rotatable bonds is 2. The van der Waals surface area contributed by atoms with Crippen molar-refractivity contribution < 1.29 is 5.11 Å². The van der Waals surface area contributed by atoms with Gasteiger partial charge < -0.3 is 5.11 Å².